The summed E-state index contributed by atoms with van der Waals surface area (Å²) >= 11 is -1.36. The maximum atomic E-state index is 15.5. The van der Waals surface area contributed by atoms with Gasteiger partial charge in [-0.25, -0.2) is 4.39 Å². The molecule has 0 fully saturated rings. The Balaban J connectivity index is 1.63. The van der Waals surface area contributed by atoms with Crippen molar-refractivity contribution in [3.05, 3.63) is 71.4 Å². The van der Waals surface area contributed by atoms with Crippen LogP contribution in [0.5, 0.6) is 11.5 Å². The Bertz CT molecular complexity index is 1500. The van der Waals surface area contributed by atoms with Crippen molar-refractivity contribution in [1.29, 1.82) is 0 Å². The second-order valence-electron chi connectivity index (χ2n) is 9.96. The summed E-state index contributed by atoms with van der Waals surface area (Å²) in [6.45, 7) is 5.59. The first-order valence-electron chi connectivity index (χ1n) is 12.2. The maximum absolute atomic E-state index is 15.5. The number of aryl methyl sites for hydroxylation is 1. The molecular formula is C28H31FN4O5S. The zero-order chi connectivity index (χ0) is 28.3. The Labute approximate surface area is 229 Å². The summed E-state index contributed by atoms with van der Waals surface area (Å²) in [6.07, 6.45) is 1.33. The first-order chi connectivity index (χ1) is 18.5. The van der Waals surface area contributed by atoms with E-state index in [1.54, 1.807) is 36.0 Å². The van der Waals surface area contributed by atoms with E-state index >= 15 is 4.39 Å². The van der Waals surface area contributed by atoms with Crippen LogP contribution in [-0.4, -0.2) is 42.2 Å². The quantitative estimate of drug-likeness (QED) is 0.274. The van der Waals surface area contributed by atoms with Gasteiger partial charge >= 0.3 is 5.97 Å². The van der Waals surface area contributed by atoms with Gasteiger partial charge in [-0.05, 0) is 50.6 Å². The number of hydrogen-bond acceptors (Lipinski definition) is 7. The van der Waals surface area contributed by atoms with E-state index in [-0.39, 0.29) is 25.3 Å². The van der Waals surface area contributed by atoms with Gasteiger partial charge in [0.1, 0.15) is 28.5 Å². The highest BCUT2D eigenvalue weighted by atomic mass is 32.2. The van der Waals surface area contributed by atoms with E-state index in [1.165, 1.54) is 13.3 Å². The van der Waals surface area contributed by atoms with Crippen LogP contribution in [0.1, 0.15) is 37.7 Å². The molecule has 0 spiro atoms. The molecule has 9 nitrogen and oxygen atoms in total. The van der Waals surface area contributed by atoms with Gasteiger partial charge in [-0.1, -0.05) is 12.1 Å². The average Bonchev–Trinajstić information content (AvgIpc) is 3.21. The third-order valence-electron chi connectivity index (χ3n) is 6.11. The topological polar surface area (TPSA) is 122 Å². The molecule has 0 bridgehead atoms. The van der Waals surface area contributed by atoms with Crippen molar-refractivity contribution in [3.63, 3.8) is 0 Å². The van der Waals surface area contributed by atoms with Crippen LogP contribution in [0.25, 0.3) is 22.0 Å². The zero-order valence-electron chi connectivity index (χ0n) is 22.4. The van der Waals surface area contributed by atoms with Crippen molar-refractivity contribution in [2.45, 2.75) is 45.1 Å². The molecule has 11 heteroatoms. The van der Waals surface area contributed by atoms with Crippen LogP contribution in [0.3, 0.4) is 0 Å². The molecule has 4 aromatic rings. The standard InChI is InChI=1S/C28H31FN4O5S/c1-28(2,3)39(36)31-15-22-27(29)20(10-11-30-22)17-7-9-24-21(12-17)23(32-33(24)4)16-38-25-14-19(37-5)8-6-18(25)13-26(34)35/h6-12,14,31H,13,15-16H2,1-5H3,(H,34,35). The summed E-state index contributed by atoms with van der Waals surface area (Å²) in [5.41, 5.74) is 3.10. The van der Waals surface area contributed by atoms with E-state index in [4.69, 9.17) is 9.47 Å². The first kappa shape index (κ1) is 28.3. The van der Waals surface area contributed by atoms with Crippen LogP contribution in [0.4, 0.5) is 4.39 Å². The number of aromatic nitrogens is 3. The molecule has 4 rings (SSSR count). The second-order valence-corrected chi connectivity index (χ2v) is 12.0. The van der Waals surface area contributed by atoms with Crippen LogP contribution in [-0.2, 0) is 42.8 Å². The van der Waals surface area contributed by atoms with Gasteiger partial charge in [0.2, 0.25) is 0 Å². The molecule has 0 saturated carbocycles. The average molecular weight is 555 g/mol. The van der Waals surface area contributed by atoms with Crippen LogP contribution < -0.4 is 14.2 Å². The van der Waals surface area contributed by atoms with Crippen molar-refractivity contribution in [1.82, 2.24) is 19.5 Å². The Morgan fingerprint density at radius 2 is 1.95 bits per heavy atom. The number of benzene rings is 2. The number of halogens is 1. The molecule has 2 aromatic carbocycles. The van der Waals surface area contributed by atoms with Crippen LogP contribution in [0.2, 0.25) is 0 Å². The molecule has 0 aliphatic carbocycles. The number of hydrogen-bond donors (Lipinski definition) is 2. The van der Waals surface area contributed by atoms with Crippen molar-refractivity contribution in [2.24, 2.45) is 7.05 Å². The number of nitrogens with zero attached hydrogens (tertiary/aromatic N) is 3. The SMILES string of the molecule is COc1ccc(CC(=O)O)c(OCc2nn(C)c3ccc(-c4ccnc(CN[S+]([O-])C(C)(C)C)c4F)cc23)c1. The van der Waals surface area contributed by atoms with Crippen LogP contribution in [0, 0.1) is 5.82 Å². The van der Waals surface area contributed by atoms with Crippen LogP contribution >= 0.6 is 0 Å². The van der Waals surface area contributed by atoms with Crippen molar-refractivity contribution < 1.29 is 28.3 Å². The molecule has 1 unspecified atom stereocenters. The number of methoxy groups -OCH3 is 1. The van der Waals surface area contributed by atoms with Gasteiger partial charge in [0, 0.05) is 47.2 Å². The number of rotatable bonds is 10. The first-order valence-corrected chi connectivity index (χ1v) is 13.4. The van der Waals surface area contributed by atoms with E-state index in [0.29, 0.717) is 33.9 Å². The van der Waals surface area contributed by atoms with Gasteiger partial charge in [-0.15, -0.1) is 4.72 Å². The van der Waals surface area contributed by atoms with Gasteiger partial charge in [0.15, 0.2) is 5.82 Å². The molecule has 39 heavy (non-hydrogen) atoms. The number of nitrogens with one attached hydrogen (secondary N) is 1. The van der Waals surface area contributed by atoms with E-state index in [2.05, 4.69) is 14.8 Å². The number of fused-ring (bicyclic) bond motifs is 1. The molecule has 0 radical (unpaired) electrons. The van der Waals surface area contributed by atoms with E-state index < -0.39 is 27.9 Å². The number of carbonyl (C=O) groups is 1. The largest absolute Gasteiger partial charge is 0.598 e. The van der Waals surface area contributed by atoms with Gasteiger partial charge in [0.05, 0.1) is 31.3 Å². The molecule has 2 N–H and O–H groups in total. The normalized spacial score (nSPS) is 12.5. The van der Waals surface area contributed by atoms with Gasteiger partial charge < -0.3 is 19.1 Å². The lowest BCUT2D eigenvalue weighted by Crippen LogP contribution is -2.39. The lowest BCUT2D eigenvalue weighted by Gasteiger charge is -2.23. The Morgan fingerprint density at radius 3 is 2.64 bits per heavy atom. The summed E-state index contributed by atoms with van der Waals surface area (Å²) in [5.74, 6) is -0.544. The Morgan fingerprint density at radius 1 is 1.18 bits per heavy atom. The molecule has 0 saturated heterocycles. The third kappa shape index (κ3) is 6.49. The predicted octanol–water partition coefficient (Wildman–Crippen LogP) is 4.54. The second kappa shape index (κ2) is 11.6. The monoisotopic (exact) mass is 554 g/mol. The molecule has 0 aliphatic rings. The summed E-state index contributed by atoms with van der Waals surface area (Å²) < 4.78 is 43.2. The molecule has 2 aromatic heterocycles. The van der Waals surface area contributed by atoms with E-state index in [1.807, 2.05) is 39.0 Å². The minimum Gasteiger partial charge on any atom is -0.598 e. The smallest absolute Gasteiger partial charge is 0.307 e. The minimum atomic E-state index is -1.36. The molecule has 0 amide bonds. The highest BCUT2D eigenvalue weighted by Gasteiger charge is 2.27. The highest BCUT2D eigenvalue weighted by Crippen LogP contribution is 2.31. The summed E-state index contributed by atoms with van der Waals surface area (Å²) in [6, 6.07) is 12.1. The van der Waals surface area contributed by atoms with Gasteiger partial charge in [-0.3, -0.25) is 14.5 Å². The van der Waals surface area contributed by atoms with Crippen molar-refractivity contribution >= 4 is 28.2 Å². The fourth-order valence-electron chi connectivity index (χ4n) is 4.05. The van der Waals surface area contributed by atoms with Crippen molar-refractivity contribution in [3.8, 4) is 22.6 Å². The van der Waals surface area contributed by atoms with Gasteiger partial charge in [0.25, 0.3) is 0 Å². The van der Waals surface area contributed by atoms with Crippen LogP contribution in [0.15, 0.2) is 48.7 Å². The molecule has 206 valence electrons. The summed E-state index contributed by atoms with van der Waals surface area (Å²) in [5, 5.41) is 14.6. The minimum absolute atomic E-state index is 0.0248. The number of carboxylic acid groups (broad SMARTS) is 1. The van der Waals surface area contributed by atoms with E-state index in [9.17, 15) is 14.5 Å². The maximum Gasteiger partial charge on any atom is 0.307 e. The lowest BCUT2D eigenvalue weighted by molar-refractivity contribution is -0.136. The zero-order valence-corrected chi connectivity index (χ0v) is 23.3. The Kier molecular flexibility index (Phi) is 8.43. The molecule has 0 aliphatic heterocycles. The summed E-state index contributed by atoms with van der Waals surface area (Å²) in [7, 11) is 3.33. The number of pyridine rings is 1. The van der Waals surface area contributed by atoms with Crippen molar-refractivity contribution in [2.75, 3.05) is 7.11 Å². The van der Waals surface area contributed by atoms with E-state index in [0.717, 1.165) is 10.9 Å². The van der Waals surface area contributed by atoms with Gasteiger partial charge in [-0.2, -0.15) is 5.10 Å². The molecule has 1 atom stereocenters. The molecular weight excluding hydrogens is 523 g/mol. The number of carboxylic acids is 1. The summed E-state index contributed by atoms with van der Waals surface area (Å²) in [4.78, 5) is 15.5. The Hall–Kier alpha value is -3.67. The number of ether oxygens (including phenoxy) is 2. The molecule has 2 heterocycles. The predicted molar refractivity (Wildman–Crippen MR) is 147 cm³/mol. The third-order valence-corrected chi connectivity index (χ3v) is 7.63. The fourth-order valence-corrected chi connectivity index (χ4v) is 4.75. The fraction of sp³-hybridized carbons (Fsp3) is 0.321. The lowest BCUT2D eigenvalue weighted by atomic mass is 10.0. The number of aliphatic carboxylic acids is 1. The highest BCUT2D eigenvalue weighted by molar-refractivity contribution is 7.90.